The molecule has 1 fully saturated rings. The average Bonchev–Trinajstić information content (AvgIpc) is 2.69. The van der Waals surface area contributed by atoms with Crippen LogP contribution < -0.4 is 5.32 Å². The van der Waals surface area contributed by atoms with Gasteiger partial charge in [0.15, 0.2) is 5.17 Å². The fourth-order valence-corrected chi connectivity index (χ4v) is 4.72. The molecule has 1 aliphatic carbocycles. The molecule has 0 radical (unpaired) electrons. The van der Waals surface area contributed by atoms with Gasteiger partial charge in [0.1, 0.15) is 0 Å². The summed E-state index contributed by atoms with van der Waals surface area (Å²) in [6.07, 6.45) is 7.21. The van der Waals surface area contributed by atoms with E-state index in [0.717, 1.165) is 11.7 Å². The Bertz CT molecular complexity index is 324. The van der Waals surface area contributed by atoms with Crippen molar-refractivity contribution in [3.8, 4) is 0 Å². The molecule has 1 aliphatic heterocycles. The number of nitrogens with one attached hydrogen (secondary N) is 1. The van der Waals surface area contributed by atoms with E-state index in [-0.39, 0.29) is 6.04 Å². The van der Waals surface area contributed by atoms with Crippen LogP contribution in [0.25, 0.3) is 0 Å². The van der Waals surface area contributed by atoms with E-state index >= 15 is 0 Å². The molecular formula is C12H22N2OS2. The average molecular weight is 274 g/mol. The maximum absolute atomic E-state index is 11.1. The first-order valence-electron chi connectivity index (χ1n) is 6.33. The largest absolute Gasteiger partial charge is 0.362 e. The van der Waals surface area contributed by atoms with Crippen molar-refractivity contribution in [1.82, 2.24) is 5.32 Å². The third-order valence-electron chi connectivity index (χ3n) is 3.59. The summed E-state index contributed by atoms with van der Waals surface area (Å²) in [5.41, 5.74) is 0.507. The fraction of sp³-hybridized carbons (Fsp3) is 0.917. The first-order chi connectivity index (χ1) is 8.10. The maximum atomic E-state index is 11.1. The minimum atomic E-state index is -0.735. The van der Waals surface area contributed by atoms with E-state index in [9.17, 15) is 4.21 Å². The van der Waals surface area contributed by atoms with Gasteiger partial charge in [-0.15, -0.1) is 0 Å². The van der Waals surface area contributed by atoms with Crippen molar-refractivity contribution in [2.45, 2.75) is 38.6 Å². The van der Waals surface area contributed by atoms with Gasteiger partial charge in [-0.25, -0.2) is 0 Å². The van der Waals surface area contributed by atoms with Gasteiger partial charge >= 0.3 is 0 Å². The number of aliphatic imine (C=N–C) groups is 1. The zero-order chi connectivity index (χ0) is 12.3. The van der Waals surface area contributed by atoms with Crippen molar-refractivity contribution in [2.75, 3.05) is 24.3 Å². The summed E-state index contributed by atoms with van der Waals surface area (Å²) >= 11 is 1.85. The van der Waals surface area contributed by atoms with E-state index in [1.54, 1.807) is 6.26 Å². The molecule has 2 unspecified atom stereocenters. The molecule has 0 aromatic carbocycles. The summed E-state index contributed by atoms with van der Waals surface area (Å²) in [6.45, 7) is 3.06. The highest BCUT2D eigenvalue weighted by atomic mass is 32.2. The lowest BCUT2D eigenvalue weighted by Gasteiger charge is -2.31. The van der Waals surface area contributed by atoms with E-state index < -0.39 is 10.8 Å². The van der Waals surface area contributed by atoms with Gasteiger partial charge in [-0.1, -0.05) is 24.6 Å². The summed E-state index contributed by atoms with van der Waals surface area (Å²) in [4.78, 5) is 4.68. The summed E-state index contributed by atoms with van der Waals surface area (Å²) in [5.74, 6) is 1.91. The van der Waals surface area contributed by atoms with Crippen LogP contribution in [0.4, 0.5) is 0 Å². The second-order valence-corrected chi connectivity index (χ2v) is 7.85. The van der Waals surface area contributed by atoms with E-state index in [2.05, 4.69) is 17.2 Å². The Morgan fingerprint density at radius 2 is 2.24 bits per heavy atom. The maximum Gasteiger partial charge on any atom is 0.156 e. The normalized spacial score (nSPS) is 26.6. The van der Waals surface area contributed by atoms with Crippen molar-refractivity contribution in [3.63, 3.8) is 0 Å². The highest BCUT2D eigenvalue weighted by Crippen LogP contribution is 2.43. The molecule has 3 nitrogen and oxygen atoms in total. The lowest BCUT2D eigenvalue weighted by molar-refractivity contribution is 0.358. The first-order valence-corrected chi connectivity index (χ1v) is 9.05. The lowest BCUT2D eigenvalue weighted by atomic mass is 9.89. The van der Waals surface area contributed by atoms with Crippen molar-refractivity contribution >= 4 is 27.7 Å². The van der Waals surface area contributed by atoms with Gasteiger partial charge in [0, 0.05) is 41.1 Å². The molecule has 1 spiro atoms. The Balaban J connectivity index is 1.83. The second kappa shape index (κ2) is 5.74. The van der Waals surface area contributed by atoms with Gasteiger partial charge in [-0.2, -0.15) is 0 Å². The third kappa shape index (κ3) is 3.71. The smallest absolute Gasteiger partial charge is 0.156 e. The Kier molecular flexibility index (Phi) is 4.53. The van der Waals surface area contributed by atoms with Crippen LogP contribution in [-0.4, -0.2) is 39.7 Å². The number of hydrogen-bond donors (Lipinski definition) is 1. The monoisotopic (exact) mass is 274 g/mol. The van der Waals surface area contributed by atoms with Crippen LogP contribution in [0.1, 0.15) is 32.6 Å². The molecule has 0 bridgehead atoms. The molecule has 0 amide bonds. The predicted octanol–water partition coefficient (Wildman–Crippen LogP) is 2.01. The zero-order valence-electron chi connectivity index (χ0n) is 10.7. The van der Waals surface area contributed by atoms with E-state index in [4.69, 9.17) is 0 Å². The quantitative estimate of drug-likeness (QED) is 0.856. The molecule has 2 rings (SSSR count). The number of amidine groups is 1. The van der Waals surface area contributed by atoms with Gasteiger partial charge < -0.3 is 5.32 Å². The fourth-order valence-electron chi connectivity index (χ4n) is 2.67. The molecule has 0 aromatic rings. The molecule has 0 saturated heterocycles. The summed E-state index contributed by atoms with van der Waals surface area (Å²) in [7, 11) is -0.735. The summed E-state index contributed by atoms with van der Waals surface area (Å²) < 4.78 is 11.1. The van der Waals surface area contributed by atoms with Gasteiger partial charge in [0.2, 0.25) is 0 Å². The van der Waals surface area contributed by atoms with Gasteiger partial charge in [0.25, 0.3) is 0 Å². The van der Waals surface area contributed by atoms with Crippen molar-refractivity contribution in [1.29, 1.82) is 0 Å². The Labute approximate surface area is 111 Å². The van der Waals surface area contributed by atoms with Crippen LogP contribution in [0.15, 0.2) is 4.99 Å². The van der Waals surface area contributed by atoms with Gasteiger partial charge in [-0.05, 0) is 25.2 Å². The molecule has 1 N–H and O–H groups in total. The van der Waals surface area contributed by atoms with Crippen LogP contribution >= 0.6 is 11.8 Å². The lowest BCUT2D eigenvalue weighted by Crippen LogP contribution is -2.39. The number of rotatable bonds is 3. The minimum Gasteiger partial charge on any atom is -0.362 e. The number of hydrogen-bond acceptors (Lipinski definition) is 4. The molecule has 2 aliphatic rings. The summed E-state index contributed by atoms with van der Waals surface area (Å²) in [6, 6.07) is 0.254. The Morgan fingerprint density at radius 3 is 2.76 bits per heavy atom. The van der Waals surface area contributed by atoms with Crippen LogP contribution in [-0.2, 0) is 10.8 Å². The van der Waals surface area contributed by atoms with Crippen LogP contribution in [0.3, 0.4) is 0 Å². The van der Waals surface area contributed by atoms with Gasteiger partial charge in [0.05, 0.1) is 0 Å². The standard InChI is InChI=1S/C12H22N2OS2/c1-10(7-17(2)15)14-11-13-8-12(9-16-11)5-3-4-6-12/h10H,3-9H2,1-2H3,(H,13,14). The second-order valence-electron chi connectivity index (χ2n) is 5.40. The first kappa shape index (κ1) is 13.4. The molecule has 1 heterocycles. The molecule has 2 atom stereocenters. The van der Waals surface area contributed by atoms with Crippen LogP contribution in [0.2, 0.25) is 0 Å². The third-order valence-corrected chi connectivity index (χ3v) is 5.84. The van der Waals surface area contributed by atoms with Crippen LogP contribution in [0, 0.1) is 5.41 Å². The SMILES string of the molecule is CC(CS(C)=O)NC1=NCC2(CCCC2)CS1. The van der Waals surface area contributed by atoms with Crippen LogP contribution in [0.5, 0.6) is 0 Å². The molecular weight excluding hydrogens is 252 g/mol. The molecule has 17 heavy (non-hydrogen) atoms. The van der Waals surface area contributed by atoms with Crippen molar-refractivity contribution in [3.05, 3.63) is 0 Å². The number of thioether (sulfide) groups is 1. The summed E-state index contributed by atoms with van der Waals surface area (Å²) in [5, 5.41) is 4.43. The predicted molar refractivity (Wildman–Crippen MR) is 77.2 cm³/mol. The van der Waals surface area contributed by atoms with E-state index in [1.165, 1.54) is 31.4 Å². The Hall–Kier alpha value is -0.0300. The zero-order valence-corrected chi connectivity index (χ0v) is 12.3. The topological polar surface area (TPSA) is 41.5 Å². The van der Waals surface area contributed by atoms with E-state index in [1.807, 2.05) is 11.8 Å². The highest BCUT2D eigenvalue weighted by molar-refractivity contribution is 8.13. The number of nitrogens with zero attached hydrogens (tertiary/aromatic N) is 1. The molecule has 0 aromatic heterocycles. The van der Waals surface area contributed by atoms with E-state index in [0.29, 0.717) is 11.2 Å². The molecule has 1 saturated carbocycles. The highest BCUT2D eigenvalue weighted by Gasteiger charge is 2.36. The van der Waals surface area contributed by atoms with Crippen molar-refractivity contribution in [2.24, 2.45) is 10.4 Å². The molecule has 98 valence electrons. The molecule has 5 heteroatoms. The van der Waals surface area contributed by atoms with Crippen molar-refractivity contribution < 1.29 is 4.21 Å². The minimum absolute atomic E-state index is 0.254. The Morgan fingerprint density at radius 1 is 1.53 bits per heavy atom. The van der Waals surface area contributed by atoms with Gasteiger partial charge in [-0.3, -0.25) is 9.20 Å².